The van der Waals surface area contributed by atoms with Gasteiger partial charge >= 0.3 is 0 Å². The predicted octanol–water partition coefficient (Wildman–Crippen LogP) is 1.62. The molecule has 0 nitrogen and oxygen atoms in total. The molecule has 33 valence electrons. The number of hydrogen-bond acceptors (Lipinski definition) is 0. The molecule has 0 aromatic rings. The maximum Gasteiger partial charge on any atom is 0.0182 e. The molecule has 0 amide bonds. The summed E-state index contributed by atoms with van der Waals surface area (Å²) >= 11 is 0. The van der Waals surface area contributed by atoms with Crippen LogP contribution in [0.25, 0.3) is 0 Å². The Morgan fingerprint density at radius 1 is 1.83 bits per heavy atom. The summed E-state index contributed by atoms with van der Waals surface area (Å²) in [7, 11) is 0. The SMILES string of the molecule is [C]#C[C@@H](C)CC. The van der Waals surface area contributed by atoms with Gasteiger partial charge in [0.15, 0.2) is 0 Å². The van der Waals surface area contributed by atoms with Crippen LogP contribution >= 0.6 is 0 Å². The molecule has 0 saturated heterocycles. The van der Waals surface area contributed by atoms with Gasteiger partial charge in [-0.15, -0.1) is 0 Å². The minimum Gasteiger partial charge on any atom is -0.0860 e. The van der Waals surface area contributed by atoms with Crippen molar-refractivity contribution in [1.82, 2.24) is 0 Å². The molecule has 0 aromatic heterocycles. The zero-order chi connectivity index (χ0) is 4.99. The molecule has 0 bridgehead atoms. The lowest BCUT2D eigenvalue weighted by Crippen LogP contribution is -1.81. The Hall–Kier alpha value is -0.440. The van der Waals surface area contributed by atoms with E-state index in [1.165, 1.54) is 0 Å². The smallest absolute Gasteiger partial charge is 0.0182 e. The van der Waals surface area contributed by atoms with E-state index in [0.29, 0.717) is 5.92 Å². The van der Waals surface area contributed by atoms with Gasteiger partial charge < -0.3 is 0 Å². The van der Waals surface area contributed by atoms with E-state index >= 15 is 0 Å². The fourth-order valence-corrected chi connectivity index (χ4v) is 0.102. The molecule has 0 rings (SSSR count). The molecule has 0 unspecified atom stereocenters. The van der Waals surface area contributed by atoms with E-state index in [1.807, 2.05) is 13.8 Å². The highest BCUT2D eigenvalue weighted by atomic mass is 13.9. The summed E-state index contributed by atoms with van der Waals surface area (Å²) < 4.78 is 0. The van der Waals surface area contributed by atoms with Crippen molar-refractivity contribution in [1.29, 1.82) is 0 Å². The minimum atomic E-state index is 0.352. The van der Waals surface area contributed by atoms with Crippen molar-refractivity contribution < 1.29 is 0 Å². The Morgan fingerprint density at radius 2 is 2.33 bits per heavy atom. The monoisotopic (exact) mass is 81.1 g/mol. The number of rotatable bonds is 1. The molecule has 0 aromatic carbocycles. The van der Waals surface area contributed by atoms with E-state index in [2.05, 4.69) is 5.92 Å². The zero-order valence-electron chi connectivity index (χ0n) is 4.28. The highest BCUT2D eigenvalue weighted by Gasteiger charge is 1.85. The van der Waals surface area contributed by atoms with Crippen LogP contribution in [-0.2, 0) is 0 Å². The lowest BCUT2D eigenvalue weighted by Gasteiger charge is -1.90. The van der Waals surface area contributed by atoms with Gasteiger partial charge in [0.05, 0.1) is 0 Å². The van der Waals surface area contributed by atoms with Crippen molar-refractivity contribution in [3.63, 3.8) is 0 Å². The zero-order valence-corrected chi connectivity index (χ0v) is 4.28. The molecule has 0 aliphatic carbocycles. The second-order valence-corrected chi connectivity index (χ2v) is 1.45. The fraction of sp³-hybridized carbons (Fsp3) is 0.667. The summed E-state index contributed by atoms with van der Waals surface area (Å²) in [6.45, 7) is 4.03. The van der Waals surface area contributed by atoms with Crippen molar-refractivity contribution in [2.24, 2.45) is 5.92 Å². The van der Waals surface area contributed by atoms with Crippen molar-refractivity contribution in [2.45, 2.75) is 20.3 Å². The van der Waals surface area contributed by atoms with Gasteiger partial charge in [-0.1, -0.05) is 19.8 Å². The van der Waals surface area contributed by atoms with Gasteiger partial charge in [0.1, 0.15) is 0 Å². The lowest BCUT2D eigenvalue weighted by atomic mass is 10.1. The standard InChI is InChI=1S/C6H9/c1-4-6(3)5-2/h6H,4H2,1,3H3/t6-/m0/s1. The third-order valence-electron chi connectivity index (χ3n) is 0.859. The molecular weight excluding hydrogens is 72.1 g/mol. The third-order valence-corrected chi connectivity index (χ3v) is 0.859. The van der Waals surface area contributed by atoms with Crippen LogP contribution in [0.2, 0.25) is 0 Å². The fourth-order valence-electron chi connectivity index (χ4n) is 0.102. The van der Waals surface area contributed by atoms with Crippen molar-refractivity contribution >= 4 is 0 Å². The first kappa shape index (κ1) is 5.56. The first-order valence-corrected chi connectivity index (χ1v) is 2.23. The van der Waals surface area contributed by atoms with E-state index in [-0.39, 0.29) is 0 Å². The van der Waals surface area contributed by atoms with Crippen LogP contribution in [-0.4, -0.2) is 0 Å². The summed E-state index contributed by atoms with van der Waals surface area (Å²) in [5.74, 6) is 2.72. The molecular formula is C6H9. The Morgan fingerprint density at radius 3 is 2.33 bits per heavy atom. The van der Waals surface area contributed by atoms with Gasteiger partial charge in [0.2, 0.25) is 0 Å². The molecule has 0 spiro atoms. The molecule has 0 heterocycles. The van der Waals surface area contributed by atoms with Gasteiger partial charge in [0.25, 0.3) is 0 Å². The lowest BCUT2D eigenvalue weighted by molar-refractivity contribution is 0.723. The summed E-state index contributed by atoms with van der Waals surface area (Å²) in [5.41, 5.74) is 0. The van der Waals surface area contributed by atoms with Gasteiger partial charge in [-0.3, -0.25) is 0 Å². The molecule has 0 fully saturated rings. The molecule has 0 aliphatic heterocycles. The van der Waals surface area contributed by atoms with Gasteiger partial charge in [-0.25, -0.2) is 0 Å². The van der Waals surface area contributed by atoms with Crippen molar-refractivity contribution in [2.75, 3.05) is 0 Å². The Labute approximate surface area is 39.6 Å². The maximum atomic E-state index is 6.56. The highest BCUT2D eigenvalue weighted by Crippen LogP contribution is 1.94. The van der Waals surface area contributed by atoms with Gasteiger partial charge in [-0.2, -0.15) is 0 Å². The van der Waals surface area contributed by atoms with Crippen LogP contribution in [0.4, 0.5) is 0 Å². The van der Waals surface area contributed by atoms with E-state index in [1.54, 1.807) is 0 Å². The normalized spacial score (nSPS) is 12.8. The molecule has 0 N–H and O–H groups in total. The first-order valence-electron chi connectivity index (χ1n) is 2.23. The summed E-state index contributed by atoms with van der Waals surface area (Å²) in [4.78, 5) is 0. The largest absolute Gasteiger partial charge is 0.0860 e. The third kappa shape index (κ3) is 1.84. The van der Waals surface area contributed by atoms with Crippen LogP contribution in [0.3, 0.4) is 0 Å². The molecule has 1 atom stereocenters. The van der Waals surface area contributed by atoms with E-state index < -0.39 is 0 Å². The average Bonchev–Trinajstić information content (AvgIpc) is 1.65. The van der Waals surface area contributed by atoms with E-state index in [0.717, 1.165) is 6.42 Å². The summed E-state index contributed by atoms with van der Waals surface area (Å²) in [5, 5.41) is 0. The van der Waals surface area contributed by atoms with Crippen LogP contribution in [0.1, 0.15) is 20.3 Å². The predicted molar refractivity (Wildman–Crippen MR) is 26.6 cm³/mol. The highest BCUT2D eigenvalue weighted by molar-refractivity contribution is 4.81. The van der Waals surface area contributed by atoms with Gasteiger partial charge in [-0.05, 0) is 12.8 Å². The van der Waals surface area contributed by atoms with Crippen LogP contribution in [0, 0.1) is 18.3 Å². The summed E-state index contributed by atoms with van der Waals surface area (Å²) in [6.07, 6.45) is 7.59. The molecule has 0 aliphatic rings. The second kappa shape index (κ2) is 2.78. The molecule has 0 saturated carbocycles. The van der Waals surface area contributed by atoms with Crippen LogP contribution in [0.15, 0.2) is 0 Å². The second-order valence-electron chi connectivity index (χ2n) is 1.45. The van der Waals surface area contributed by atoms with E-state index in [4.69, 9.17) is 6.42 Å². The molecule has 1 radical (unpaired) electrons. The summed E-state index contributed by atoms with van der Waals surface area (Å²) in [6, 6.07) is 0. The Kier molecular flexibility index (Phi) is 2.58. The average molecular weight is 81.1 g/mol. The van der Waals surface area contributed by atoms with Crippen molar-refractivity contribution in [3.05, 3.63) is 6.42 Å². The van der Waals surface area contributed by atoms with Crippen molar-refractivity contribution in [3.8, 4) is 5.92 Å². The first-order chi connectivity index (χ1) is 2.81. The Balaban J connectivity index is 3.04. The van der Waals surface area contributed by atoms with Crippen LogP contribution in [0.5, 0.6) is 0 Å². The van der Waals surface area contributed by atoms with Gasteiger partial charge in [0, 0.05) is 5.92 Å². The van der Waals surface area contributed by atoms with E-state index in [9.17, 15) is 0 Å². The molecule has 6 heavy (non-hydrogen) atoms. The quantitative estimate of drug-likeness (QED) is 0.421. The minimum absolute atomic E-state index is 0.352. The van der Waals surface area contributed by atoms with Crippen LogP contribution < -0.4 is 0 Å². The topological polar surface area (TPSA) is 0 Å². The number of hydrogen-bond donors (Lipinski definition) is 0. The Bertz CT molecular complexity index is 56.9. The maximum absolute atomic E-state index is 6.56. The molecule has 0 heteroatoms.